The van der Waals surface area contributed by atoms with Gasteiger partial charge in [0.2, 0.25) is 5.91 Å². The number of hydrogen-bond donors (Lipinski definition) is 1. The number of nitrogens with one attached hydrogen (secondary N) is 1. The number of benzene rings is 2. The van der Waals surface area contributed by atoms with E-state index in [0.717, 1.165) is 57.3 Å². The maximum Gasteiger partial charge on any atom is 0.230 e. The van der Waals surface area contributed by atoms with E-state index in [1.54, 1.807) is 0 Å². The monoisotopic (exact) mass is 537 g/mol. The average Bonchev–Trinajstić information content (AvgIpc) is 2.91. The number of halogens is 2. The van der Waals surface area contributed by atoms with Gasteiger partial charge in [0.15, 0.2) is 0 Å². The van der Waals surface area contributed by atoms with Crippen LogP contribution in [0, 0.1) is 5.92 Å². The minimum Gasteiger partial charge on any atom is -0.338 e. The quantitative estimate of drug-likeness (QED) is 0.454. The summed E-state index contributed by atoms with van der Waals surface area (Å²) in [4.78, 5) is 17.9. The number of nitrogens with zero attached hydrogens (tertiary/aromatic N) is 2. The maximum atomic E-state index is 13.4. The molecule has 1 fully saturated rings. The minimum atomic E-state index is -0.116. The molecule has 6 heteroatoms. The van der Waals surface area contributed by atoms with E-state index in [-0.39, 0.29) is 23.4 Å². The molecule has 1 aliphatic carbocycles. The van der Waals surface area contributed by atoms with Crippen LogP contribution in [0.4, 0.5) is 0 Å². The van der Waals surface area contributed by atoms with Gasteiger partial charge in [-0.15, -0.1) is 0 Å². The van der Waals surface area contributed by atoms with Gasteiger partial charge in [-0.1, -0.05) is 77.8 Å². The number of likely N-dealkylation sites (tertiary alicyclic amines) is 1. The Balaban J connectivity index is 1.29. The summed E-state index contributed by atoms with van der Waals surface area (Å²) in [5.74, 6) is 0.0285. The average molecular weight is 539 g/mol. The summed E-state index contributed by atoms with van der Waals surface area (Å²) in [6, 6.07) is 15.2. The highest BCUT2D eigenvalue weighted by Gasteiger charge is 2.41. The number of carbonyl (C=O) groups is 1. The molecule has 4 nitrogen and oxygen atoms in total. The number of fused-ring (bicyclic) bond motifs is 2. The summed E-state index contributed by atoms with van der Waals surface area (Å²) in [6.07, 6.45) is 12.9. The number of piperidine rings is 1. The first-order chi connectivity index (χ1) is 17.9. The van der Waals surface area contributed by atoms with Gasteiger partial charge >= 0.3 is 0 Å². The molecule has 3 atom stereocenters. The van der Waals surface area contributed by atoms with Gasteiger partial charge in [0.25, 0.3) is 0 Å². The normalized spacial score (nSPS) is 23.6. The van der Waals surface area contributed by atoms with Crippen molar-refractivity contribution in [1.82, 2.24) is 15.1 Å². The molecule has 0 radical (unpaired) electrons. The third kappa shape index (κ3) is 5.68. The lowest BCUT2D eigenvalue weighted by Crippen LogP contribution is -2.57. The molecule has 5 rings (SSSR count). The number of hydrogen-bond acceptors (Lipinski definition) is 3. The Labute approximate surface area is 231 Å². The first-order valence-electron chi connectivity index (χ1n) is 13.5. The first-order valence-corrected chi connectivity index (χ1v) is 14.3. The molecule has 3 aliphatic rings. The third-order valence-corrected chi connectivity index (χ3v) is 9.19. The molecule has 1 amide bonds. The molecular weight excluding hydrogens is 501 g/mol. The number of allylic oxidation sites excluding steroid dienone is 3. The van der Waals surface area contributed by atoms with Crippen LogP contribution in [0.3, 0.4) is 0 Å². The van der Waals surface area contributed by atoms with Crippen LogP contribution in [0.2, 0.25) is 10.0 Å². The van der Waals surface area contributed by atoms with Crippen LogP contribution in [0.5, 0.6) is 0 Å². The molecule has 0 bridgehead atoms. The van der Waals surface area contributed by atoms with E-state index in [2.05, 4.69) is 47.5 Å². The molecular formula is C31H37Cl2N3O. The van der Waals surface area contributed by atoms with Crippen molar-refractivity contribution < 1.29 is 4.79 Å². The van der Waals surface area contributed by atoms with Crippen molar-refractivity contribution in [3.8, 4) is 0 Å². The van der Waals surface area contributed by atoms with E-state index >= 15 is 0 Å². The summed E-state index contributed by atoms with van der Waals surface area (Å²) in [5.41, 5.74) is 4.09. The van der Waals surface area contributed by atoms with Crippen molar-refractivity contribution in [2.45, 2.75) is 56.7 Å². The zero-order chi connectivity index (χ0) is 26.0. The standard InChI is InChI=1S/C31H37Cl2N3O/c1-22-20-24-10-6-7-11-26(24)31(34-22)15-18-36(19-16-31)17-14-29(25-12-13-27(32)28(33)21-25)35(2)30(37)23-8-4-3-5-9-23/h3-8,10-13,21-23,29,34H,9,14-20H2,1-2H3/t22?,23?,29-/m0/s1. The predicted octanol–water partition coefficient (Wildman–Crippen LogP) is 6.54. The van der Waals surface area contributed by atoms with Crippen molar-refractivity contribution in [2.24, 2.45) is 5.92 Å². The van der Waals surface area contributed by atoms with Crippen LogP contribution in [0.15, 0.2) is 66.8 Å². The van der Waals surface area contributed by atoms with E-state index in [0.29, 0.717) is 16.1 Å². The van der Waals surface area contributed by atoms with Gasteiger partial charge in [0.05, 0.1) is 22.0 Å². The van der Waals surface area contributed by atoms with Crippen molar-refractivity contribution in [2.75, 3.05) is 26.7 Å². The Morgan fingerprint density at radius 2 is 1.92 bits per heavy atom. The molecule has 2 aromatic rings. The maximum absolute atomic E-state index is 13.4. The second kappa shape index (κ2) is 11.3. The van der Waals surface area contributed by atoms with Gasteiger partial charge in [-0.2, -0.15) is 0 Å². The Kier molecular flexibility index (Phi) is 8.11. The minimum absolute atomic E-state index is 0.0639. The molecule has 1 saturated heterocycles. The molecule has 2 aromatic carbocycles. The van der Waals surface area contributed by atoms with E-state index in [9.17, 15) is 4.79 Å². The summed E-state index contributed by atoms with van der Waals surface area (Å²) in [6.45, 7) is 5.30. The summed E-state index contributed by atoms with van der Waals surface area (Å²) in [5, 5.41) is 5.03. The molecule has 1 N–H and O–H groups in total. The largest absolute Gasteiger partial charge is 0.338 e. The Hall–Kier alpha value is -2.11. The van der Waals surface area contributed by atoms with Crippen LogP contribution in [0.1, 0.15) is 55.3 Å². The van der Waals surface area contributed by atoms with Gasteiger partial charge in [0.1, 0.15) is 0 Å². The topological polar surface area (TPSA) is 35.6 Å². The van der Waals surface area contributed by atoms with E-state index in [1.807, 2.05) is 48.4 Å². The first kappa shape index (κ1) is 26.5. The molecule has 196 valence electrons. The summed E-state index contributed by atoms with van der Waals surface area (Å²) >= 11 is 12.6. The molecule has 2 heterocycles. The van der Waals surface area contributed by atoms with Gasteiger partial charge in [0, 0.05) is 38.3 Å². The molecule has 37 heavy (non-hydrogen) atoms. The van der Waals surface area contributed by atoms with Crippen LogP contribution < -0.4 is 5.32 Å². The molecule has 1 spiro atoms. The number of amides is 1. The smallest absolute Gasteiger partial charge is 0.230 e. The van der Waals surface area contributed by atoms with Gasteiger partial charge in [-0.25, -0.2) is 0 Å². The Morgan fingerprint density at radius 3 is 2.65 bits per heavy atom. The lowest BCUT2D eigenvalue weighted by atomic mass is 9.74. The zero-order valence-electron chi connectivity index (χ0n) is 21.8. The number of rotatable bonds is 6. The van der Waals surface area contributed by atoms with E-state index in [4.69, 9.17) is 23.2 Å². The van der Waals surface area contributed by atoms with Crippen molar-refractivity contribution in [3.63, 3.8) is 0 Å². The highest BCUT2D eigenvalue weighted by Crippen LogP contribution is 2.39. The fourth-order valence-electron chi connectivity index (χ4n) is 6.45. The third-order valence-electron chi connectivity index (χ3n) is 8.45. The van der Waals surface area contributed by atoms with E-state index in [1.165, 1.54) is 11.1 Å². The van der Waals surface area contributed by atoms with Gasteiger partial charge < -0.3 is 15.1 Å². The summed E-state index contributed by atoms with van der Waals surface area (Å²) < 4.78 is 0. The predicted molar refractivity (Wildman–Crippen MR) is 153 cm³/mol. The highest BCUT2D eigenvalue weighted by molar-refractivity contribution is 6.42. The molecule has 0 aromatic heterocycles. The highest BCUT2D eigenvalue weighted by atomic mass is 35.5. The summed E-state index contributed by atoms with van der Waals surface area (Å²) in [7, 11) is 1.93. The molecule has 2 aliphatic heterocycles. The fraction of sp³-hybridized carbons (Fsp3) is 0.452. The lowest BCUT2D eigenvalue weighted by molar-refractivity contribution is -0.135. The van der Waals surface area contributed by atoms with Gasteiger partial charge in [-0.05, 0) is 67.9 Å². The van der Waals surface area contributed by atoms with E-state index < -0.39 is 0 Å². The second-order valence-corrected chi connectivity index (χ2v) is 11.7. The van der Waals surface area contributed by atoms with Crippen LogP contribution >= 0.6 is 23.2 Å². The number of carbonyl (C=O) groups excluding carboxylic acids is 1. The SMILES string of the molecule is CC1Cc2ccccc2C2(CCN(CC[C@@H](c3ccc(Cl)c(Cl)c3)N(C)C(=O)C3C=CC=CC3)CC2)N1. The van der Waals surface area contributed by atoms with Crippen LogP contribution in [-0.4, -0.2) is 48.4 Å². The molecule has 2 unspecified atom stereocenters. The van der Waals surface area contributed by atoms with Crippen molar-refractivity contribution in [3.05, 3.63) is 93.5 Å². The Morgan fingerprint density at radius 1 is 1.14 bits per heavy atom. The molecule has 0 saturated carbocycles. The van der Waals surface area contributed by atoms with Crippen LogP contribution in [0.25, 0.3) is 0 Å². The van der Waals surface area contributed by atoms with Gasteiger partial charge in [-0.3, -0.25) is 4.79 Å². The zero-order valence-corrected chi connectivity index (χ0v) is 23.3. The van der Waals surface area contributed by atoms with Crippen molar-refractivity contribution in [1.29, 1.82) is 0 Å². The Bertz CT molecular complexity index is 1180. The van der Waals surface area contributed by atoms with Crippen LogP contribution in [-0.2, 0) is 16.8 Å². The van der Waals surface area contributed by atoms with Crippen molar-refractivity contribution >= 4 is 29.1 Å². The fourth-order valence-corrected chi connectivity index (χ4v) is 6.76. The lowest BCUT2D eigenvalue weighted by Gasteiger charge is -2.48. The second-order valence-electron chi connectivity index (χ2n) is 10.9.